The SMILES string of the molecule is CCCNc1nc(Cl)nc(NC2CCC(SC)C2)n1. The van der Waals surface area contributed by atoms with Crippen LogP contribution in [0.1, 0.15) is 32.6 Å². The number of hydrogen-bond donors (Lipinski definition) is 2. The molecule has 1 aliphatic carbocycles. The maximum Gasteiger partial charge on any atom is 0.229 e. The molecular formula is C12H20ClN5S. The van der Waals surface area contributed by atoms with Crippen molar-refractivity contribution in [3.63, 3.8) is 0 Å². The number of rotatable bonds is 6. The Morgan fingerprint density at radius 1 is 1.26 bits per heavy atom. The Hall–Kier alpha value is -0.750. The van der Waals surface area contributed by atoms with E-state index in [1.165, 1.54) is 6.42 Å². The van der Waals surface area contributed by atoms with E-state index in [0.717, 1.165) is 31.1 Å². The van der Waals surface area contributed by atoms with Crippen molar-refractivity contribution >= 4 is 35.3 Å². The summed E-state index contributed by atoms with van der Waals surface area (Å²) in [5.41, 5.74) is 0. The molecule has 1 saturated carbocycles. The van der Waals surface area contributed by atoms with Crippen molar-refractivity contribution in [2.75, 3.05) is 23.4 Å². The second-order valence-electron chi connectivity index (χ2n) is 4.69. The molecule has 1 aromatic rings. The summed E-state index contributed by atoms with van der Waals surface area (Å²) < 4.78 is 0. The molecule has 2 N–H and O–H groups in total. The summed E-state index contributed by atoms with van der Waals surface area (Å²) in [4.78, 5) is 12.6. The highest BCUT2D eigenvalue weighted by Crippen LogP contribution is 2.29. The lowest BCUT2D eigenvalue weighted by Gasteiger charge is -2.13. The minimum absolute atomic E-state index is 0.232. The highest BCUT2D eigenvalue weighted by molar-refractivity contribution is 7.99. The number of anilines is 2. The fourth-order valence-corrected chi connectivity index (χ4v) is 3.16. The highest BCUT2D eigenvalue weighted by Gasteiger charge is 2.24. The maximum absolute atomic E-state index is 5.92. The van der Waals surface area contributed by atoms with Crippen LogP contribution in [0.5, 0.6) is 0 Å². The van der Waals surface area contributed by atoms with Gasteiger partial charge in [0.05, 0.1) is 0 Å². The van der Waals surface area contributed by atoms with Crippen molar-refractivity contribution in [2.45, 2.75) is 43.9 Å². The summed E-state index contributed by atoms with van der Waals surface area (Å²) in [6.07, 6.45) is 6.75. The molecule has 0 saturated heterocycles. The molecule has 0 bridgehead atoms. The summed E-state index contributed by atoms with van der Waals surface area (Å²) in [6.45, 7) is 2.92. The standard InChI is InChI=1S/C12H20ClN5S/c1-3-6-14-11-16-10(13)17-12(18-11)15-8-4-5-9(7-8)19-2/h8-9H,3-7H2,1-2H3,(H2,14,15,16,17,18). The largest absolute Gasteiger partial charge is 0.354 e. The Labute approximate surface area is 123 Å². The normalized spacial score (nSPS) is 22.5. The molecule has 2 atom stereocenters. The van der Waals surface area contributed by atoms with E-state index in [0.29, 0.717) is 17.9 Å². The lowest BCUT2D eigenvalue weighted by Crippen LogP contribution is -2.19. The number of thioether (sulfide) groups is 1. The lowest BCUT2D eigenvalue weighted by molar-refractivity contribution is 0.743. The first-order chi connectivity index (χ1) is 9.21. The van der Waals surface area contributed by atoms with Crippen LogP contribution in [0.4, 0.5) is 11.9 Å². The average molecular weight is 302 g/mol. The zero-order chi connectivity index (χ0) is 13.7. The van der Waals surface area contributed by atoms with Crippen LogP contribution in [0.3, 0.4) is 0 Å². The summed E-state index contributed by atoms with van der Waals surface area (Å²) in [7, 11) is 0. The molecule has 0 radical (unpaired) electrons. The van der Waals surface area contributed by atoms with Gasteiger partial charge in [0.15, 0.2) is 0 Å². The Balaban J connectivity index is 1.97. The molecular weight excluding hydrogens is 282 g/mol. The summed E-state index contributed by atoms with van der Waals surface area (Å²) in [6, 6.07) is 0.440. The molecule has 7 heteroatoms. The van der Waals surface area contributed by atoms with Gasteiger partial charge < -0.3 is 10.6 Å². The molecule has 0 aromatic carbocycles. The zero-order valence-corrected chi connectivity index (χ0v) is 12.9. The molecule has 1 aromatic heterocycles. The van der Waals surface area contributed by atoms with Gasteiger partial charge in [-0.1, -0.05) is 6.92 Å². The molecule has 5 nitrogen and oxygen atoms in total. The molecule has 1 fully saturated rings. The molecule has 19 heavy (non-hydrogen) atoms. The predicted octanol–water partition coefficient (Wildman–Crippen LogP) is 3.04. The first kappa shape index (κ1) is 14.7. The average Bonchev–Trinajstić information content (AvgIpc) is 2.83. The van der Waals surface area contributed by atoms with Crippen LogP contribution in [-0.4, -0.2) is 39.0 Å². The van der Waals surface area contributed by atoms with E-state index in [1.807, 2.05) is 11.8 Å². The third kappa shape index (κ3) is 4.38. The number of nitrogens with one attached hydrogen (secondary N) is 2. The molecule has 1 heterocycles. The van der Waals surface area contributed by atoms with Crippen LogP contribution in [0, 0.1) is 0 Å². The van der Waals surface area contributed by atoms with E-state index < -0.39 is 0 Å². The second kappa shape index (κ2) is 7.14. The quantitative estimate of drug-likeness (QED) is 0.842. The van der Waals surface area contributed by atoms with Crippen molar-refractivity contribution in [1.82, 2.24) is 15.0 Å². The fourth-order valence-electron chi connectivity index (χ4n) is 2.20. The molecule has 0 aliphatic heterocycles. The van der Waals surface area contributed by atoms with Gasteiger partial charge in [-0.2, -0.15) is 26.7 Å². The summed E-state index contributed by atoms with van der Waals surface area (Å²) in [5.74, 6) is 1.12. The predicted molar refractivity (Wildman–Crippen MR) is 82.2 cm³/mol. The number of hydrogen-bond acceptors (Lipinski definition) is 6. The van der Waals surface area contributed by atoms with Crippen LogP contribution in [0.15, 0.2) is 0 Å². The van der Waals surface area contributed by atoms with E-state index in [4.69, 9.17) is 11.6 Å². The minimum Gasteiger partial charge on any atom is -0.354 e. The number of halogens is 1. The van der Waals surface area contributed by atoms with E-state index in [9.17, 15) is 0 Å². The first-order valence-corrected chi connectivity index (χ1v) is 8.32. The van der Waals surface area contributed by atoms with E-state index in [2.05, 4.69) is 38.8 Å². The fraction of sp³-hybridized carbons (Fsp3) is 0.750. The smallest absolute Gasteiger partial charge is 0.229 e. The van der Waals surface area contributed by atoms with E-state index >= 15 is 0 Å². The molecule has 0 spiro atoms. The minimum atomic E-state index is 0.232. The van der Waals surface area contributed by atoms with Crippen LogP contribution >= 0.6 is 23.4 Å². The van der Waals surface area contributed by atoms with Crippen molar-refractivity contribution in [1.29, 1.82) is 0 Å². The summed E-state index contributed by atoms with van der Waals surface area (Å²) >= 11 is 7.86. The molecule has 0 amide bonds. The Morgan fingerprint density at radius 3 is 2.74 bits per heavy atom. The molecule has 2 rings (SSSR count). The Kier molecular flexibility index (Phi) is 5.51. The van der Waals surface area contributed by atoms with Crippen molar-refractivity contribution in [2.24, 2.45) is 0 Å². The van der Waals surface area contributed by atoms with Crippen molar-refractivity contribution in [3.05, 3.63) is 5.28 Å². The molecule has 106 valence electrons. The van der Waals surface area contributed by atoms with Gasteiger partial charge in [-0.25, -0.2) is 0 Å². The third-order valence-corrected chi connectivity index (χ3v) is 4.46. The summed E-state index contributed by atoms with van der Waals surface area (Å²) in [5, 5.41) is 7.47. The highest BCUT2D eigenvalue weighted by atomic mass is 35.5. The van der Waals surface area contributed by atoms with Gasteiger partial charge in [-0.05, 0) is 43.5 Å². The molecule has 1 aliphatic rings. The van der Waals surface area contributed by atoms with Gasteiger partial charge in [0, 0.05) is 17.8 Å². The molecule has 2 unspecified atom stereocenters. The number of aromatic nitrogens is 3. The Morgan fingerprint density at radius 2 is 2.05 bits per heavy atom. The number of nitrogens with zero attached hydrogens (tertiary/aromatic N) is 3. The maximum atomic E-state index is 5.92. The van der Waals surface area contributed by atoms with Gasteiger partial charge in [0.2, 0.25) is 17.2 Å². The van der Waals surface area contributed by atoms with Gasteiger partial charge in [-0.3, -0.25) is 0 Å². The van der Waals surface area contributed by atoms with E-state index in [-0.39, 0.29) is 5.28 Å². The van der Waals surface area contributed by atoms with Gasteiger partial charge >= 0.3 is 0 Å². The van der Waals surface area contributed by atoms with Crippen LogP contribution < -0.4 is 10.6 Å². The monoisotopic (exact) mass is 301 g/mol. The third-order valence-electron chi connectivity index (χ3n) is 3.19. The van der Waals surface area contributed by atoms with Crippen LogP contribution in [-0.2, 0) is 0 Å². The first-order valence-electron chi connectivity index (χ1n) is 6.66. The topological polar surface area (TPSA) is 62.7 Å². The second-order valence-corrected chi connectivity index (χ2v) is 6.17. The Bertz CT molecular complexity index is 417. The van der Waals surface area contributed by atoms with Crippen LogP contribution in [0.25, 0.3) is 0 Å². The zero-order valence-electron chi connectivity index (χ0n) is 11.3. The van der Waals surface area contributed by atoms with Crippen molar-refractivity contribution < 1.29 is 0 Å². The van der Waals surface area contributed by atoms with E-state index in [1.54, 1.807) is 0 Å². The van der Waals surface area contributed by atoms with Gasteiger partial charge in [0.1, 0.15) is 0 Å². The van der Waals surface area contributed by atoms with Gasteiger partial charge in [0.25, 0.3) is 0 Å². The lowest BCUT2D eigenvalue weighted by atomic mass is 10.2. The van der Waals surface area contributed by atoms with Crippen LogP contribution in [0.2, 0.25) is 5.28 Å². The van der Waals surface area contributed by atoms with Crippen molar-refractivity contribution in [3.8, 4) is 0 Å². The van der Waals surface area contributed by atoms with Gasteiger partial charge in [-0.15, -0.1) is 0 Å².